The second-order valence-electron chi connectivity index (χ2n) is 5.37. The van der Waals surface area contributed by atoms with Crippen molar-refractivity contribution in [2.75, 3.05) is 13.6 Å². The highest BCUT2D eigenvalue weighted by Crippen LogP contribution is 2.30. The van der Waals surface area contributed by atoms with Crippen LogP contribution in [0.3, 0.4) is 0 Å². The van der Waals surface area contributed by atoms with E-state index in [-0.39, 0.29) is 17.7 Å². The second-order valence-corrected chi connectivity index (χ2v) is 5.37. The van der Waals surface area contributed by atoms with Gasteiger partial charge in [-0.2, -0.15) is 0 Å². The van der Waals surface area contributed by atoms with Crippen LogP contribution in [0.1, 0.15) is 51.9 Å². The first kappa shape index (κ1) is 15.0. The number of rotatable bonds is 6. The smallest absolute Gasteiger partial charge is 0.306 e. The molecule has 2 unspecified atom stereocenters. The van der Waals surface area contributed by atoms with Crippen LogP contribution in [0.5, 0.6) is 0 Å². The average molecular weight is 255 g/mol. The van der Waals surface area contributed by atoms with Crippen LogP contribution in [-0.2, 0) is 9.59 Å². The molecule has 104 valence electrons. The van der Waals surface area contributed by atoms with Gasteiger partial charge in [0.25, 0.3) is 0 Å². The molecule has 1 aliphatic rings. The third-order valence-corrected chi connectivity index (χ3v) is 3.85. The lowest BCUT2D eigenvalue weighted by Gasteiger charge is -2.29. The Morgan fingerprint density at radius 1 is 1.22 bits per heavy atom. The molecule has 1 fully saturated rings. The summed E-state index contributed by atoms with van der Waals surface area (Å²) < 4.78 is 0. The highest BCUT2D eigenvalue weighted by Gasteiger charge is 2.32. The summed E-state index contributed by atoms with van der Waals surface area (Å²) in [5.74, 6) is -1.01. The number of carbonyl (C=O) groups is 2. The Balaban J connectivity index is 2.42. The molecule has 0 aromatic rings. The van der Waals surface area contributed by atoms with Crippen LogP contribution < -0.4 is 0 Å². The number of hydrogen-bond donors (Lipinski definition) is 1. The largest absolute Gasteiger partial charge is 0.481 e. The van der Waals surface area contributed by atoms with Crippen molar-refractivity contribution in [2.45, 2.75) is 51.9 Å². The molecule has 1 rings (SSSR count). The zero-order chi connectivity index (χ0) is 13.5. The van der Waals surface area contributed by atoms with Gasteiger partial charge in [0.2, 0.25) is 5.91 Å². The maximum atomic E-state index is 12.2. The number of carboxylic acid groups (broad SMARTS) is 1. The van der Waals surface area contributed by atoms with Gasteiger partial charge in [-0.3, -0.25) is 9.59 Å². The quantitative estimate of drug-likeness (QED) is 0.742. The van der Waals surface area contributed by atoms with Crippen LogP contribution in [0.25, 0.3) is 0 Å². The predicted molar refractivity (Wildman–Crippen MR) is 70.2 cm³/mol. The highest BCUT2D eigenvalue weighted by molar-refractivity contribution is 5.80. The van der Waals surface area contributed by atoms with E-state index >= 15 is 0 Å². The second kappa shape index (κ2) is 7.39. The van der Waals surface area contributed by atoms with Crippen molar-refractivity contribution in [2.24, 2.45) is 11.8 Å². The Hall–Kier alpha value is -1.06. The van der Waals surface area contributed by atoms with Crippen LogP contribution in [0.2, 0.25) is 0 Å². The first-order valence-electron chi connectivity index (χ1n) is 7.04. The average Bonchev–Trinajstić information content (AvgIpc) is 2.38. The molecule has 4 heteroatoms. The molecule has 0 bridgehead atoms. The molecule has 1 aliphatic carbocycles. The Labute approximate surface area is 109 Å². The number of carbonyl (C=O) groups excluding carboxylic acids is 1. The molecule has 4 nitrogen and oxygen atoms in total. The van der Waals surface area contributed by atoms with Gasteiger partial charge in [0, 0.05) is 19.5 Å². The Morgan fingerprint density at radius 2 is 1.89 bits per heavy atom. The van der Waals surface area contributed by atoms with E-state index in [1.807, 2.05) is 7.05 Å². The van der Waals surface area contributed by atoms with Gasteiger partial charge in [0.15, 0.2) is 0 Å². The summed E-state index contributed by atoms with van der Waals surface area (Å²) in [4.78, 5) is 25.0. The Bertz CT molecular complexity index is 291. The molecule has 0 spiro atoms. The van der Waals surface area contributed by atoms with E-state index in [9.17, 15) is 9.59 Å². The van der Waals surface area contributed by atoms with E-state index in [2.05, 4.69) is 6.92 Å². The normalized spacial score (nSPS) is 23.7. The lowest BCUT2D eigenvalue weighted by molar-refractivity contribution is -0.145. The van der Waals surface area contributed by atoms with Crippen LogP contribution in [0, 0.1) is 11.8 Å². The first-order chi connectivity index (χ1) is 8.56. The van der Waals surface area contributed by atoms with Crippen molar-refractivity contribution in [1.82, 2.24) is 4.90 Å². The molecule has 18 heavy (non-hydrogen) atoms. The number of nitrogens with zero attached hydrogens (tertiary/aromatic N) is 1. The molecule has 1 N–H and O–H groups in total. The molecule has 0 radical (unpaired) electrons. The van der Waals surface area contributed by atoms with Crippen LogP contribution in [0.15, 0.2) is 0 Å². The molecule has 0 aromatic heterocycles. The van der Waals surface area contributed by atoms with E-state index in [1.54, 1.807) is 4.90 Å². The summed E-state index contributed by atoms with van der Waals surface area (Å²) in [6.07, 6.45) is 6.27. The number of amides is 1. The number of unbranched alkanes of at least 4 members (excludes halogenated alkanes) is 2. The summed E-state index contributed by atoms with van der Waals surface area (Å²) in [7, 11) is 1.84. The topological polar surface area (TPSA) is 57.6 Å². The van der Waals surface area contributed by atoms with Crippen molar-refractivity contribution in [3.8, 4) is 0 Å². The third-order valence-electron chi connectivity index (χ3n) is 3.85. The van der Waals surface area contributed by atoms with Crippen molar-refractivity contribution < 1.29 is 14.7 Å². The molecule has 1 saturated carbocycles. The van der Waals surface area contributed by atoms with Crippen molar-refractivity contribution in [3.63, 3.8) is 0 Å². The summed E-state index contributed by atoms with van der Waals surface area (Å²) in [6.45, 7) is 2.93. The minimum Gasteiger partial charge on any atom is -0.481 e. The van der Waals surface area contributed by atoms with Gasteiger partial charge in [-0.1, -0.05) is 26.2 Å². The van der Waals surface area contributed by atoms with Crippen molar-refractivity contribution >= 4 is 11.9 Å². The number of carboxylic acids is 1. The lowest BCUT2D eigenvalue weighted by atomic mass is 9.81. The molecular formula is C14H25NO3. The SMILES string of the molecule is CCCCCN(C)C(=O)C1CCCC(C(=O)O)C1. The van der Waals surface area contributed by atoms with E-state index < -0.39 is 5.97 Å². The molecule has 0 aliphatic heterocycles. The number of hydrogen-bond acceptors (Lipinski definition) is 2. The zero-order valence-electron chi connectivity index (χ0n) is 11.5. The van der Waals surface area contributed by atoms with Gasteiger partial charge in [-0.05, 0) is 25.7 Å². The monoisotopic (exact) mass is 255 g/mol. The van der Waals surface area contributed by atoms with E-state index in [0.717, 1.165) is 45.1 Å². The van der Waals surface area contributed by atoms with Gasteiger partial charge in [0.05, 0.1) is 5.92 Å². The first-order valence-corrected chi connectivity index (χ1v) is 7.04. The predicted octanol–water partition coefficient (Wildman–Crippen LogP) is 2.53. The van der Waals surface area contributed by atoms with Gasteiger partial charge in [-0.25, -0.2) is 0 Å². The zero-order valence-corrected chi connectivity index (χ0v) is 11.5. The van der Waals surface area contributed by atoms with E-state index in [4.69, 9.17) is 5.11 Å². The molecule has 1 amide bonds. The van der Waals surface area contributed by atoms with Crippen molar-refractivity contribution in [1.29, 1.82) is 0 Å². The maximum Gasteiger partial charge on any atom is 0.306 e. The van der Waals surface area contributed by atoms with Gasteiger partial charge in [0.1, 0.15) is 0 Å². The van der Waals surface area contributed by atoms with Crippen molar-refractivity contribution in [3.05, 3.63) is 0 Å². The summed E-state index contributed by atoms with van der Waals surface area (Å²) >= 11 is 0. The van der Waals surface area contributed by atoms with Crippen LogP contribution >= 0.6 is 0 Å². The third kappa shape index (κ3) is 4.31. The molecule has 0 saturated heterocycles. The number of aliphatic carboxylic acids is 1. The highest BCUT2D eigenvalue weighted by atomic mass is 16.4. The fourth-order valence-corrected chi connectivity index (χ4v) is 2.66. The standard InChI is InChI=1S/C14H25NO3/c1-3-4-5-9-15(2)13(16)11-7-6-8-12(10-11)14(17)18/h11-12H,3-10H2,1-2H3,(H,17,18). The van der Waals surface area contributed by atoms with Gasteiger partial charge in [-0.15, -0.1) is 0 Å². The van der Waals surface area contributed by atoms with Crippen LogP contribution in [0.4, 0.5) is 0 Å². The maximum absolute atomic E-state index is 12.2. The van der Waals surface area contributed by atoms with Crippen LogP contribution in [-0.4, -0.2) is 35.5 Å². The fourth-order valence-electron chi connectivity index (χ4n) is 2.66. The van der Waals surface area contributed by atoms with Gasteiger partial charge >= 0.3 is 5.97 Å². The van der Waals surface area contributed by atoms with Gasteiger partial charge < -0.3 is 10.0 Å². The van der Waals surface area contributed by atoms with E-state index in [1.165, 1.54) is 0 Å². The summed E-state index contributed by atoms with van der Waals surface area (Å²) in [5, 5.41) is 9.02. The molecule has 0 aromatic carbocycles. The minimum atomic E-state index is -0.749. The van der Waals surface area contributed by atoms with E-state index in [0.29, 0.717) is 6.42 Å². The lowest BCUT2D eigenvalue weighted by Crippen LogP contribution is -2.37. The molecule has 0 heterocycles. The summed E-state index contributed by atoms with van der Waals surface area (Å²) in [6, 6.07) is 0. The fraction of sp³-hybridized carbons (Fsp3) is 0.857. The molecular weight excluding hydrogens is 230 g/mol. The Morgan fingerprint density at radius 3 is 2.50 bits per heavy atom. The molecule has 2 atom stereocenters. The summed E-state index contributed by atoms with van der Waals surface area (Å²) in [5.41, 5.74) is 0. The minimum absolute atomic E-state index is 0.0773. The Kier molecular flexibility index (Phi) is 6.16.